The fraction of sp³-hybridized carbons (Fsp3) is 0.750. The van der Waals surface area contributed by atoms with Crippen molar-refractivity contribution < 1.29 is 0 Å². The molecule has 0 aliphatic rings. The molecule has 0 aliphatic heterocycles. The molecule has 5 heteroatoms. The van der Waals surface area contributed by atoms with Crippen molar-refractivity contribution in [2.24, 2.45) is 7.05 Å². The van der Waals surface area contributed by atoms with Gasteiger partial charge in [-0.25, -0.2) is 0 Å². The Kier molecular flexibility index (Phi) is 5.43. The van der Waals surface area contributed by atoms with Crippen LogP contribution >= 0.6 is 11.6 Å². The van der Waals surface area contributed by atoms with Gasteiger partial charge in [0.1, 0.15) is 0 Å². The summed E-state index contributed by atoms with van der Waals surface area (Å²) in [7, 11) is 4.06. The fourth-order valence-corrected chi connectivity index (χ4v) is 1.82. The summed E-state index contributed by atoms with van der Waals surface area (Å²) in [5, 5.41) is 8.46. The molecule has 0 fully saturated rings. The predicted molar refractivity (Wildman–Crippen MR) is 72.4 cm³/mol. The summed E-state index contributed by atoms with van der Waals surface area (Å²) >= 11 is 6.17. The van der Waals surface area contributed by atoms with Crippen LogP contribution in [0.4, 0.5) is 0 Å². The topological polar surface area (TPSA) is 33.1 Å². The van der Waals surface area contributed by atoms with Crippen molar-refractivity contribution in [2.45, 2.75) is 33.4 Å². The molecule has 0 aliphatic carbocycles. The summed E-state index contributed by atoms with van der Waals surface area (Å²) in [5.74, 6) is 0. The first-order valence-corrected chi connectivity index (χ1v) is 6.40. The van der Waals surface area contributed by atoms with E-state index in [4.69, 9.17) is 11.6 Å². The zero-order valence-corrected chi connectivity index (χ0v) is 12.2. The van der Waals surface area contributed by atoms with Crippen LogP contribution in [0.2, 0.25) is 5.02 Å². The lowest BCUT2D eigenvalue weighted by Crippen LogP contribution is -2.33. The normalized spacial score (nSPS) is 11.8. The summed E-state index contributed by atoms with van der Waals surface area (Å²) in [6.45, 7) is 9.07. The van der Waals surface area contributed by atoms with Gasteiger partial charge in [-0.3, -0.25) is 4.68 Å². The molecule has 0 saturated heterocycles. The van der Waals surface area contributed by atoms with Gasteiger partial charge in [-0.1, -0.05) is 11.6 Å². The van der Waals surface area contributed by atoms with Gasteiger partial charge >= 0.3 is 0 Å². The van der Waals surface area contributed by atoms with Crippen LogP contribution in [-0.2, 0) is 13.6 Å². The third kappa shape index (κ3) is 3.98. The van der Waals surface area contributed by atoms with Crippen LogP contribution in [0.5, 0.6) is 0 Å². The lowest BCUT2D eigenvalue weighted by atomic mass is 10.3. The monoisotopic (exact) mass is 258 g/mol. The van der Waals surface area contributed by atoms with E-state index in [9.17, 15) is 0 Å². The van der Waals surface area contributed by atoms with Gasteiger partial charge in [0.2, 0.25) is 0 Å². The largest absolute Gasteiger partial charge is 0.310 e. The third-order valence-electron chi connectivity index (χ3n) is 3.08. The number of hydrogen-bond donors (Lipinski definition) is 1. The molecular weight excluding hydrogens is 236 g/mol. The van der Waals surface area contributed by atoms with Gasteiger partial charge in [0.25, 0.3) is 0 Å². The van der Waals surface area contributed by atoms with Crippen LogP contribution < -0.4 is 5.32 Å². The summed E-state index contributed by atoms with van der Waals surface area (Å²) in [4.78, 5) is 2.31. The molecule has 0 aromatic carbocycles. The van der Waals surface area contributed by atoms with Gasteiger partial charge in [0.05, 0.1) is 16.4 Å². The van der Waals surface area contributed by atoms with Crippen LogP contribution in [0.15, 0.2) is 0 Å². The molecule has 0 amide bonds. The Morgan fingerprint density at radius 1 is 1.47 bits per heavy atom. The zero-order chi connectivity index (χ0) is 13.0. The molecule has 1 heterocycles. The molecule has 0 unspecified atom stereocenters. The fourth-order valence-electron chi connectivity index (χ4n) is 1.59. The van der Waals surface area contributed by atoms with Gasteiger partial charge in [-0.05, 0) is 27.8 Å². The maximum Gasteiger partial charge on any atom is 0.0860 e. The van der Waals surface area contributed by atoms with Crippen LogP contribution in [0.25, 0.3) is 0 Å². The van der Waals surface area contributed by atoms with Crippen LogP contribution in [0, 0.1) is 6.92 Å². The number of nitrogens with zero attached hydrogens (tertiary/aromatic N) is 3. The van der Waals surface area contributed by atoms with Crippen LogP contribution in [0.3, 0.4) is 0 Å². The molecule has 0 radical (unpaired) electrons. The summed E-state index contributed by atoms with van der Waals surface area (Å²) < 4.78 is 1.84. The van der Waals surface area contributed by atoms with E-state index in [2.05, 4.69) is 36.2 Å². The molecule has 17 heavy (non-hydrogen) atoms. The van der Waals surface area contributed by atoms with E-state index in [0.717, 1.165) is 36.0 Å². The second-order valence-corrected chi connectivity index (χ2v) is 5.10. The predicted octanol–water partition coefficient (Wildman–Crippen LogP) is 1.81. The Morgan fingerprint density at radius 2 is 2.12 bits per heavy atom. The van der Waals surface area contributed by atoms with Crippen molar-refractivity contribution in [2.75, 3.05) is 20.1 Å². The highest BCUT2D eigenvalue weighted by Gasteiger charge is 2.10. The average Bonchev–Trinajstić information content (AvgIpc) is 2.49. The van der Waals surface area contributed by atoms with Gasteiger partial charge in [-0.15, -0.1) is 0 Å². The maximum atomic E-state index is 6.17. The first-order chi connectivity index (χ1) is 7.93. The van der Waals surface area contributed by atoms with Crippen LogP contribution in [-0.4, -0.2) is 40.9 Å². The van der Waals surface area contributed by atoms with E-state index >= 15 is 0 Å². The van der Waals surface area contributed by atoms with E-state index in [1.807, 2.05) is 18.7 Å². The Hall–Kier alpha value is -0.580. The molecule has 1 aromatic heterocycles. The van der Waals surface area contributed by atoms with Gasteiger partial charge in [-0.2, -0.15) is 5.10 Å². The number of aromatic nitrogens is 2. The van der Waals surface area contributed by atoms with E-state index in [-0.39, 0.29) is 0 Å². The van der Waals surface area contributed by atoms with Crippen molar-refractivity contribution in [3.63, 3.8) is 0 Å². The standard InChI is InChI=1S/C12H23ClN4/c1-9(2)16(4)7-6-14-8-11-12(13)10(3)15-17(11)5/h9,14H,6-8H2,1-5H3. The first kappa shape index (κ1) is 14.5. The van der Waals surface area contributed by atoms with E-state index in [0.29, 0.717) is 6.04 Å². The molecule has 0 spiro atoms. The van der Waals surface area contributed by atoms with E-state index in [1.54, 1.807) is 0 Å². The maximum absolute atomic E-state index is 6.17. The minimum atomic E-state index is 0.583. The molecular formula is C12H23ClN4. The Balaban J connectivity index is 2.36. The lowest BCUT2D eigenvalue weighted by Gasteiger charge is -2.20. The molecule has 1 rings (SSSR count). The van der Waals surface area contributed by atoms with Gasteiger partial charge < -0.3 is 10.2 Å². The van der Waals surface area contributed by atoms with Crippen molar-refractivity contribution in [1.29, 1.82) is 0 Å². The number of likely N-dealkylation sites (N-methyl/N-ethyl adjacent to an activating group) is 1. The molecule has 98 valence electrons. The molecule has 4 nitrogen and oxygen atoms in total. The number of rotatable bonds is 6. The van der Waals surface area contributed by atoms with Crippen molar-refractivity contribution in [3.05, 3.63) is 16.4 Å². The lowest BCUT2D eigenvalue weighted by molar-refractivity contribution is 0.273. The van der Waals surface area contributed by atoms with Crippen molar-refractivity contribution in [3.8, 4) is 0 Å². The molecule has 0 atom stereocenters. The van der Waals surface area contributed by atoms with Crippen molar-refractivity contribution in [1.82, 2.24) is 20.0 Å². The number of nitrogens with one attached hydrogen (secondary N) is 1. The quantitative estimate of drug-likeness (QED) is 0.790. The Labute approximate surface area is 109 Å². The molecule has 1 aromatic rings. The van der Waals surface area contributed by atoms with Crippen molar-refractivity contribution >= 4 is 11.6 Å². The number of halogens is 1. The molecule has 0 bridgehead atoms. The highest BCUT2D eigenvalue weighted by Crippen LogP contribution is 2.18. The van der Waals surface area contributed by atoms with Crippen LogP contribution in [0.1, 0.15) is 25.2 Å². The Morgan fingerprint density at radius 3 is 2.59 bits per heavy atom. The third-order valence-corrected chi connectivity index (χ3v) is 3.57. The zero-order valence-electron chi connectivity index (χ0n) is 11.4. The number of hydrogen-bond acceptors (Lipinski definition) is 3. The second kappa shape index (κ2) is 6.38. The van der Waals surface area contributed by atoms with Gasteiger partial charge in [0, 0.05) is 32.7 Å². The highest BCUT2D eigenvalue weighted by molar-refractivity contribution is 6.31. The first-order valence-electron chi connectivity index (χ1n) is 6.02. The minimum absolute atomic E-state index is 0.583. The minimum Gasteiger partial charge on any atom is -0.310 e. The van der Waals surface area contributed by atoms with E-state index < -0.39 is 0 Å². The smallest absolute Gasteiger partial charge is 0.0860 e. The van der Waals surface area contributed by atoms with E-state index in [1.165, 1.54) is 0 Å². The van der Waals surface area contributed by atoms with Gasteiger partial charge in [0.15, 0.2) is 0 Å². The number of aryl methyl sites for hydroxylation is 2. The Bertz CT molecular complexity index is 360. The SMILES string of the molecule is Cc1nn(C)c(CNCCN(C)C(C)C)c1Cl. The second-order valence-electron chi connectivity index (χ2n) is 4.72. The molecule has 1 N–H and O–H groups in total. The summed E-state index contributed by atoms with van der Waals surface area (Å²) in [5.41, 5.74) is 1.95. The summed E-state index contributed by atoms with van der Waals surface area (Å²) in [6.07, 6.45) is 0. The molecule has 0 saturated carbocycles. The average molecular weight is 259 g/mol. The highest BCUT2D eigenvalue weighted by atomic mass is 35.5. The summed E-state index contributed by atoms with van der Waals surface area (Å²) in [6, 6.07) is 0.583.